The van der Waals surface area contributed by atoms with Gasteiger partial charge in [-0.3, -0.25) is 0 Å². The van der Waals surface area contributed by atoms with Gasteiger partial charge in [0.1, 0.15) is 33.5 Å². The molecule has 366 valence electrons. The lowest BCUT2D eigenvalue weighted by molar-refractivity contribution is 0.668. The number of aromatic nitrogens is 1. The van der Waals surface area contributed by atoms with Crippen molar-refractivity contribution in [3.05, 3.63) is 273 Å². The number of anilines is 6. The normalized spacial score (nSPS) is 11.8. The van der Waals surface area contributed by atoms with E-state index in [9.17, 15) is 0 Å². The smallest absolute Gasteiger partial charge is 0.135 e. The fourth-order valence-electron chi connectivity index (χ4n) is 11.9. The largest absolute Gasteiger partial charge is 0.456 e. The van der Waals surface area contributed by atoms with E-state index in [2.05, 4.69) is 251 Å². The van der Waals surface area contributed by atoms with Crippen LogP contribution in [0, 0.1) is 0 Å². The Morgan fingerprint density at radius 1 is 0.218 bits per heavy atom. The molecule has 0 aliphatic heterocycles. The van der Waals surface area contributed by atoms with Gasteiger partial charge in [0.25, 0.3) is 0 Å². The van der Waals surface area contributed by atoms with Crippen molar-refractivity contribution < 1.29 is 13.3 Å². The van der Waals surface area contributed by atoms with Crippen LogP contribution in [-0.2, 0) is 0 Å². The second kappa shape index (κ2) is 17.5. The monoisotopic (exact) mass is 999 g/mol. The molecule has 4 aromatic heterocycles. The summed E-state index contributed by atoms with van der Waals surface area (Å²) in [4.78, 5) is 4.63. The van der Waals surface area contributed by atoms with Crippen molar-refractivity contribution in [3.63, 3.8) is 0 Å². The molecule has 0 bridgehead atoms. The van der Waals surface area contributed by atoms with Crippen LogP contribution < -0.4 is 9.80 Å². The minimum atomic E-state index is 0.875. The molecular formula is C72H45N3O3. The van der Waals surface area contributed by atoms with Crippen LogP contribution in [-0.4, -0.2) is 4.57 Å². The predicted octanol–water partition coefficient (Wildman–Crippen LogP) is 20.8. The summed E-state index contributed by atoms with van der Waals surface area (Å²) in [6.45, 7) is 0. The van der Waals surface area contributed by atoms with Gasteiger partial charge in [0.2, 0.25) is 0 Å². The molecule has 0 radical (unpaired) electrons. The molecular weight excluding hydrogens is 955 g/mol. The molecule has 0 fully saturated rings. The quantitative estimate of drug-likeness (QED) is 0.144. The summed E-state index contributed by atoms with van der Waals surface area (Å²) in [5.41, 5.74) is 19.6. The zero-order valence-corrected chi connectivity index (χ0v) is 42.0. The Kier molecular flexibility index (Phi) is 9.84. The van der Waals surface area contributed by atoms with Gasteiger partial charge in [0.05, 0.1) is 11.0 Å². The number of hydrogen-bond donors (Lipinski definition) is 0. The fraction of sp³-hybridized carbons (Fsp3) is 0. The van der Waals surface area contributed by atoms with Crippen molar-refractivity contribution in [1.82, 2.24) is 4.57 Å². The zero-order valence-electron chi connectivity index (χ0n) is 42.0. The van der Waals surface area contributed by atoms with E-state index in [0.29, 0.717) is 0 Å². The molecule has 0 spiro atoms. The number of nitrogens with zero attached hydrogens (tertiary/aromatic N) is 3. The molecule has 6 heteroatoms. The molecule has 16 rings (SSSR count). The minimum Gasteiger partial charge on any atom is -0.456 e. The van der Waals surface area contributed by atoms with Gasteiger partial charge in [-0.25, -0.2) is 0 Å². The Bertz CT molecular complexity index is 4710. The summed E-state index contributed by atoms with van der Waals surface area (Å²) in [7, 11) is 0. The summed E-state index contributed by atoms with van der Waals surface area (Å²) < 4.78 is 21.2. The first-order valence-corrected chi connectivity index (χ1v) is 26.4. The van der Waals surface area contributed by atoms with Gasteiger partial charge in [0, 0.05) is 82.9 Å². The Hall–Kier alpha value is -10.6. The van der Waals surface area contributed by atoms with Crippen molar-refractivity contribution in [3.8, 4) is 27.9 Å². The highest BCUT2D eigenvalue weighted by Gasteiger charge is 2.20. The maximum absolute atomic E-state index is 6.31. The van der Waals surface area contributed by atoms with Crippen molar-refractivity contribution in [1.29, 1.82) is 0 Å². The summed E-state index contributed by atoms with van der Waals surface area (Å²) in [6, 6.07) is 97.2. The lowest BCUT2D eigenvalue weighted by atomic mass is 9.99. The maximum Gasteiger partial charge on any atom is 0.135 e. The van der Waals surface area contributed by atoms with E-state index in [4.69, 9.17) is 13.3 Å². The van der Waals surface area contributed by atoms with Crippen LogP contribution in [0.2, 0.25) is 0 Å². The summed E-state index contributed by atoms with van der Waals surface area (Å²) in [6.07, 6.45) is 0. The molecule has 0 amide bonds. The highest BCUT2D eigenvalue weighted by atomic mass is 16.3. The summed E-state index contributed by atoms with van der Waals surface area (Å²) in [5.74, 6) is 0. The van der Waals surface area contributed by atoms with Gasteiger partial charge in [-0.2, -0.15) is 0 Å². The van der Waals surface area contributed by atoms with E-state index in [1.54, 1.807) is 0 Å². The molecule has 0 aliphatic carbocycles. The number of para-hydroxylation sites is 5. The number of benzene rings is 12. The topological polar surface area (TPSA) is 50.8 Å². The molecule has 12 aromatic carbocycles. The first-order chi connectivity index (χ1) is 38.6. The third kappa shape index (κ3) is 7.11. The second-order valence-electron chi connectivity index (χ2n) is 20.1. The zero-order chi connectivity index (χ0) is 51.3. The molecule has 78 heavy (non-hydrogen) atoms. The van der Waals surface area contributed by atoms with Crippen LogP contribution in [0.3, 0.4) is 0 Å². The molecule has 16 aromatic rings. The first-order valence-electron chi connectivity index (χ1n) is 26.4. The Labute approximate surface area is 448 Å². The van der Waals surface area contributed by atoms with E-state index >= 15 is 0 Å². The number of rotatable bonds is 9. The van der Waals surface area contributed by atoms with Crippen LogP contribution in [0.25, 0.3) is 116 Å². The standard InChI is InChI=1S/C72H45N3O3/c1-3-13-50(14-4-1)73(54-33-38-70-62(43-54)57-17-7-10-20-67(57)76-70)52-29-23-46(24-30-52)48-27-36-65-60(41-48)61-42-49(28-37-66(61)75(65)56-35-40-72-64(45-56)59-19-9-12-22-69(59)78-72)47-25-31-53(32-26-47)74(51-15-5-2-6-16-51)55-34-39-71-63(44-55)58-18-8-11-21-68(58)77-71/h1-45H. The van der Waals surface area contributed by atoms with Gasteiger partial charge in [-0.15, -0.1) is 0 Å². The molecule has 0 unspecified atom stereocenters. The molecule has 0 N–H and O–H groups in total. The van der Waals surface area contributed by atoms with Crippen LogP contribution >= 0.6 is 0 Å². The predicted molar refractivity (Wildman–Crippen MR) is 323 cm³/mol. The van der Waals surface area contributed by atoms with Crippen LogP contribution in [0.15, 0.2) is 286 Å². The van der Waals surface area contributed by atoms with E-state index < -0.39 is 0 Å². The van der Waals surface area contributed by atoms with Crippen molar-refractivity contribution in [2.45, 2.75) is 0 Å². The van der Waals surface area contributed by atoms with Gasteiger partial charge in [-0.05, 0) is 168 Å². The van der Waals surface area contributed by atoms with Crippen LogP contribution in [0.5, 0.6) is 0 Å². The van der Waals surface area contributed by atoms with Gasteiger partial charge in [-0.1, -0.05) is 127 Å². The molecule has 0 atom stereocenters. The molecule has 0 saturated carbocycles. The number of hydrogen-bond acceptors (Lipinski definition) is 5. The highest BCUT2D eigenvalue weighted by molar-refractivity contribution is 6.13. The van der Waals surface area contributed by atoms with Crippen molar-refractivity contribution >= 4 is 122 Å². The van der Waals surface area contributed by atoms with Gasteiger partial charge in [0.15, 0.2) is 0 Å². The average Bonchev–Trinajstić information content (AvgIpc) is 4.43. The highest BCUT2D eigenvalue weighted by Crippen LogP contribution is 2.44. The molecule has 6 nitrogen and oxygen atoms in total. The first kappa shape index (κ1) is 43.8. The van der Waals surface area contributed by atoms with E-state index in [1.165, 1.54) is 10.8 Å². The van der Waals surface area contributed by atoms with E-state index in [1.807, 2.05) is 36.4 Å². The Morgan fingerprint density at radius 3 is 0.987 bits per heavy atom. The van der Waals surface area contributed by atoms with Crippen LogP contribution in [0.4, 0.5) is 34.1 Å². The average molecular weight is 1000 g/mol. The van der Waals surface area contributed by atoms with Gasteiger partial charge < -0.3 is 27.6 Å². The molecule has 0 aliphatic rings. The van der Waals surface area contributed by atoms with E-state index in [0.717, 1.165) is 139 Å². The van der Waals surface area contributed by atoms with Crippen LogP contribution in [0.1, 0.15) is 0 Å². The SMILES string of the molecule is c1ccc(N(c2ccc(-c3ccc4c(c3)c3cc(-c5ccc(N(c6ccccc6)c6ccc7oc8ccccc8c7c6)cc5)ccc3n4-c3ccc4oc5ccccc5c4c3)cc2)c2ccc3oc4ccccc4c3c2)cc1. The molecule has 4 heterocycles. The fourth-order valence-corrected chi connectivity index (χ4v) is 11.9. The Balaban J connectivity index is 0.808. The maximum atomic E-state index is 6.31. The second-order valence-corrected chi connectivity index (χ2v) is 20.1. The van der Waals surface area contributed by atoms with Crippen molar-refractivity contribution in [2.24, 2.45) is 0 Å². The Morgan fingerprint density at radius 2 is 0.551 bits per heavy atom. The third-order valence-corrected chi connectivity index (χ3v) is 15.6. The summed E-state index contributed by atoms with van der Waals surface area (Å²) in [5, 5.41) is 8.94. The number of fused-ring (bicyclic) bond motifs is 12. The minimum absolute atomic E-state index is 0.875. The van der Waals surface area contributed by atoms with Gasteiger partial charge >= 0.3 is 0 Å². The lowest BCUT2D eigenvalue weighted by Gasteiger charge is -2.25. The van der Waals surface area contributed by atoms with Crippen molar-refractivity contribution in [2.75, 3.05) is 9.80 Å². The molecule has 0 saturated heterocycles. The summed E-state index contributed by atoms with van der Waals surface area (Å²) >= 11 is 0. The lowest BCUT2D eigenvalue weighted by Crippen LogP contribution is -2.09. The third-order valence-electron chi connectivity index (χ3n) is 15.6. The van der Waals surface area contributed by atoms with E-state index in [-0.39, 0.29) is 0 Å². The number of furan rings is 3.